The molecular weight excluding hydrogens is 444 g/mol. The van der Waals surface area contributed by atoms with Crippen molar-refractivity contribution in [2.24, 2.45) is 5.14 Å². The van der Waals surface area contributed by atoms with Crippen LogP contribution in [0.15, 0.2) is 53.4 Å². The zero-order valence-electron chi connectivity index (χ0n) is 20.9. The molecule has 188 valence electrons. The second-order valence-electron chi connectivity index (χ2n) is 9.43. The van der Waals surface area contributed by atoms with Gasteiger partial charge in [0.05, 0.1) is 5.69 Å². The van der Waals surface area contributed by atoms with Crippen molar-refractivity contribution in [3.63, 3.8) is 0 Å². The van der Waals surface area contributed by atoms with Crippen LogP contribution in [-0.2, 0) is 10.0 Å². The van der Waals surface area contributed by atoms with Crippen LogP contribution in [0.25, 0.3) is 0 Å². The summed E-state index contributed by atoms with van der Waals surface area (Å²) in [7, 11) is -1.79. The Kier molecular flexibility index (Phi) is 10.2. The molecule has 1 aliphatic heterocycles. The smallest absolute Gasteiger partial charge is 0.240 e. The summed E-state index contributed by atoms with van der Waals surface area (Å²) in [6, 6.07) is 15.8. The summed E-state index contributed by atoms with van der Waals surface area (Å²) in [5, 5.41) is 9.11. The molecule has 2 aromatic carbocycles. The van der Waals surface area contributed by atoms with Gasteiger partial charge in [-0.1, -0.05) is 63.6 Å². The fourth-order valence-corrected chi connectivity index (χ4v) is 5.51. The van der Waals surface area contributed by atoms with Gasteiger partial charge in [-0.25, -0.2) is 13.6 Å². The van der Waals surface area contributed by atoms with Crippen molar-refractivity contribution in [3.8, 4) is 0 Å². The third-order valence-electron chi connectivity index (χ3n) is 6.75. The minimum absolute atomic E-state index is 0.183. The molecule has 1 saturated heterocycles. The Labute approximate surface area is 206 Å². The molecule has 1 heterocycles. The highest BCUT2D eigenvalue weighted by atomic mass is 32.2. The Bertz CT molecular complexity index is 975. The number of primary sulfonamides is 1. The number of para-hydroxylation sites is 1. The van der Waals surface area contributed by atoms with E-state index in [4.69, 9.17) is 5.14 Å². The molecule has 7 heteroatoms. The van der Waals surface area contributed by atoms with Crippen LogP contribution in [0.2, 0.25) is 0 Å². The van der Waals surface area contributed by atoms with Gasteiger partial charge in [-0.05, 0) is 62.7 Å². The predicted octanol–water partition coefficient (Wildman–Crippen LogP) is 5.41. The van der Waals surface area contributed by atoms with E-state index in [1.807, 2.05) is 42.5 Å². The highest BCUT2D eigenvalue weighted by Gasteiger charge is 2.28. The monoisotopic (exact) mass is 486 g/mol. The van der Waals surface area contributed by atoms with Gasteiger partial charge in [-0.2, -0.15) is 0 Å². The first kappa shape index (κ1) is 26.5. The SMILES string of the molecule is CCCCCCCCCN(C)c1ccc(S(N)(=O)=O)c(N(c2ccccc2)C2CCNCC2)c1. The van der Waals surface area contributed by atoms with Gasteiger partial charge in [0.15, 0.2) is 0 Å². The molecule has 3 rings (SSSR count). The number of sulfonamides is 1. The van der Waals surface area contributed by atoms with Gasteiger partial charge in [0.25, 0.3) is 0 Å². The minimum atomic E-state index is -3.88. The van der Waals surface area contributed by atoms with Gasteiger partial charge in [0.1, 0.15) is 4.90 Å². The highest BCUT2D eigenvalue weighted by molar-refractivity contribution is 7.89. The molecular formula is C27H42N4O2S. The Balaban J connectivity index is 1.85. The molecule has 1 fully saturated rings. The molecule has 1 aliphatic rings. The van der Waals surface area contributed by atoms with Crippen molar-refractivity contribution in [1.29, 1.82) is 0 Å². The Morgan fingerprint density at radius 3 is 2.21 bits per heavy atom. The maximum absolute atomic E-state index is 12.6. The lowest BCUT2D eigenvalue weighted by Crippen LogP contribution is -2.41. The summed E-state index contributed by atoms with van der Waals surface area (Å²) in [6.07, 6.45) is 10.8. The maximum atomic E-state index is 12.6. The van der Waals surface area contributed by atoms with E-state index < -0.39 is 10.0 Å². The summed E-state index contributed by atoms with van der Waals surface area (Å²) in [5.41, 5.74) is 2.68. The Hall–Kier alpha value is -2.09. The number of nitrogens with zero attached hydrogens (tertiary/aromatic N) is 2. The van der Waals surface area contributed by atoms with E-state index in [1.54, 1.807) is 6.07 Å². The molecule has 0 bridgehead atoms. The Morgan fingerprint density at radius 1 is 0.912 bits per heavy atom. The Morgan fingerprint density at radius 2 is 1.56 bits per heavy atom. The van der Waals surface area contributed by atoms with Gasteiger partial charge in [0, 0.05) is 31.0 Å². The standard InChI is InChI=1S/C27H42N4O2S/c1-3-4-5-6-7-8-12-21-30(2)25-15-16-27(34(28,32)33)26(22-25)31(23-13-10-9-11-14-23)24-17-19-29-20-18-24/h9-11,13-16,22,24,29H,3-8,12,17-21H2,1-2H3,(H2,28,32,33). The van der Waals surface area contributed by atoms with E-state index in [-0.39, 0.29) is 10.9 Å². The summed E-state index contributed by atoms with van der Waals surface area (Å²) in [6.45, 7) is 5.02. The van der Waals surface area contributed by atoms with Crippen molar-refractivity contribution >= 4 is 27.1 Å². The lowest BCUT2D eigenvalue weighted by molar-refractivity contribution is 0.451. The average molecular weight is 487 g/mol. The molecule has 0 amide bonds. The molecule has 0 saturated carbocycles. The number of benzene rings is 2. The van der Waals surface area contributed by atoms with Crippen molar-refractivity contribution in [1.82, 2.24) is 5.32 Å². The van der Waals surface area contributed by atoms with E-state index in [1.165, 1.54) is 38.5 Å². The molecule has 3 N–H and O–H groups in total. The second-order valence-corrected chi connectivity index (χ2v) is 11.0. The molecule has 34 heavy (non-hydrogen) atoms. The van der Waals surface area contributed by atoms with Gasteiger partial charge < -0.3 is 15.1 Å². The van der Waals surface area contributed by atoms with E-state index in [0.717, 1.165) is 50.3 Å². The number of anilines is 3. The van der Waals surface area contributed by atoms with Crippen molar-refractivity contribution in [2.75, 3.05) is 36.5 Å². The van der Waals surface area contributed by atoms with Crippen LogP contribution in [0, 0.1) is 0 Å². The highest BCUT2D eigenvalue weighted by Crippen LogP contribution is 2.37. The molecule has 6 nitrogen and oxygen atoms in total. The first-order valence-corrected chi connectivity index (χ1v) is 14.4. The summed E-state index contributed by atoms with van der Waals surface area (Å²) in [4.78, 5) is 4.60. The van der Waals surface area contributed by atoms with Gasteiger partial charge >= 0.3 is 0 Å². The average Bonchev–Trinajstić information content (AvgIpc) is 2.84. The van der Waals surface area contributed by atoms with Crippen LogP contribution in [0.3, 0.4) is 0 Å². The third-order valence-corrected chi connectivity index (χ3v) is 7.71. The quantitative estimate of drug-likeness (QED) is 0.370. The topological polar surface area (TPSA) is 78.7 Å². The predicted molar refractivity (Wildman–Crippen MR) is 144 cm³/mol. The third kappa shape index (κ3) is 7.45. The fourth-order valence-electron chi connectivity index (χ4n) is 4.81. The largest absolute Gasteiger partial charge is 0.375 e. The first-order valence-electron chi connectivity index (χ1n) is 12.8. The molecule has 0 unspecified atom stereocenters. The number of unbranched alkanes of at least 4 members (excludes halogenated alkanes) is 6. The molecule has 0 aliphatic carbocycles. The van der Waals surface area contributed by atoms with Crippen molar-refractivity contribution in [2.45, 2.75) is 75.6 Å². The van der Waals surface area contributed by atoms with E-state index in [9.17, 15) is 8.42 Å². The van der Waals surface area contributed by atoms with E-state index in [0.29, 0.717) is 5.69 Å². The van der Waals surface area contributed by atoms with Gasteiger partial charge in [-0.15, -0.1) is 0 Å². The van der Waals surface area contributed by atoms with Crippen LogP contribution in [0.5, 0.6) is 0 Å². The van der Waals surface area contributed by atoms with E-state index in [2.05, 4.69) is 29.1 Å². The number of hydrogen-bond acceptors (Lipinski definition) is 5. The lowest BCUT2D eigenvalue weighted by Gasteiger charge is -2.38. The van der Waals surface area contributed by atoms with Gasteiger partial charge in [0.2, 0.25) is 10.0 Å². The van der Waals surface area contributed by atoms with E-state index >= 15 is 0 Å². The zero-order chi connectivity index (χ0) is 24.4. The number of piperidine rings is 1. The minimum Gasteiger partial charge on any atom is -0.375 e. The van der Waals surface area contributed by atoms with Crippen LogP contribution in [0.4, 0.5) is 17.1 Å². The molecule has 0 aromatic heterocycles. The lowest BCUT2D eigenvalue weighted by atomic mass is 10.0. The number of rotatable bonds is 13. The van der Waals surface area contributed by atoms with Crippen LogP contribution in [-0.4, -0.2) is 41.1 Å². The zero-order valence-corrected chi connectivity index (χ0v) is 21.7. The number of hydrogen-bond donors (Lipinski definition) is 2. The van der Waals surface area contributed by atoms with Crippen molar-refractivity contribution < 1.29 is 8.42 Å². The van der Waals surface area contributed by atoms with Crippen LogP contribution in [0.1, 0.15) is 64.7 Å². The van der Waals surface area contributed by atoms with Gasteiger partial charge in [-0.3, -0.25) is 0 Å². The van der Waals surface area contributed by atoms with Crippen LogP contribution < -0.4 is 20.3 Å². The molecule has 0 radical (unpaired) electrons. The fraction of sp³-hybridized carbons (Fsp3) is 0.556. The summed E-state index contributed by atoms with van der Waals surface area (Å²) < 4.78 is 25.2. The summed E-state index contributed by atoms with van der Waals surface area (Å²) in [5.74, 6) is 0. The maximum Gasteiger partial charge on any atom is 0.240 e. The number of nitrogens with two attached hydrogens (primary N) is 1. The molecule has 0 spiro atoms. The molecule has 0 atom stereocenters. The van der Waals surface area contributed by atoms with Crippen LogP contribution >= 0.6 is 0 Å². The second kappa shape index (κ2) is 13.1. The first-order chi connectivity index (χ1) is 16.4. The normalized spacial score (nSPS) is 14.8. The van der Waals surface area contributed by atoms with Crippen molar-refractivity contribution in [3.05, 3.63) is 48.5 Å². The molecule has 2 aromatic rings. The number of nitrogens with one attached hydrogen (secondary N) is 1. The summed E-state index contributed by atoms with van der Waals surface area (Å²) >= 11 is 0.